The van der Waals surface area contributed by atoms with E-state index in [-0.39, 0.29) is 36.2 Å². The zero-order chi connectivity index (χ0) is 24.2. The fourth-order valence-electron chi connectivity index (χ4n) is 8.41. The minimum Gasteiger partial charge on any atom is -0.472 e. The molecule has 34 heavy (non-hydrogen) atoms. The molecule has 7 heteroatoms. The summed E-state index contributed by atoms with van der Waals surface area (Å²) in [7, 11) is 1.37. The van der Waals surface area contributed by atoms with E-state index in [1.165, 1.54) is 18.8 Å². The highest BCUT2D eigenvalue weighted by molar-refractivity contribution is 6.00. The van der Waals surface area contributed by atoms with Crippen molar-refractivity contribution < 1.29 is 33.0 Å². The quantitative estimate of drug-likeness (QED) is 0.495. The van der Waals surface area contributed by atoms with E-state index in [1.807, 2.05) is 19.9 Å². The number of hydrogen-bond acceptors (Lipinski definition) is 7. The summed E-state index contributed by atoms with van der Waals surface area (Å²) < 4.78 is 23.2. The monoisotopic (exact) mass is 466 g/mol. The van der Waals surface area contributed by atoms with Gasteiger partial charge < -0.3 is 18.6 Å². The number of ketones is 1. The molecule has 2 saturated heterocycles. The molecule has 1 saturated carbocycles. The van der Waals surface area contributed by atoms with E-state index in [1.54, 1.807) is 18.6 Å². The predicted molar refractivity (Wildman–Crippen MR) is 119 cm³/mol. The summed E-state index contributed by atoms with van der Waals surface area (Å²) in [6, 6.07) is 1.97. The van der Waals surface area contributed by atoms with Crippen molar-refractivity contribution in [1.82, 2.24) is 0 Å². The van der Waals surface area contributed by atoms with Gasteiger partial charge in [-0.15, -0.1) is 0 Å². The summed E-state index contributed by atoms with van der Waals surface area (Å²) in [5, 5.41) is 0. The molecule has 0 radical (unpaired) electrons. The van der Waals surface area contributed by atoms with Crippen LogP contribution in [-0.4, -0.2) is 43.1 Å². The zero-order valence-electron chi connectivity index (χ0n) is 20.1. The van der Waals surface area contributed by atoms with Crippen molar-refractivity contribution in [3.63, 3.8) is 0 Å². The number of rotatable bonds is 3. The first kappa shape index (κ1) is 21.8. The third-order valence-corrected chi connectivity index (χ3v) is 9.91. The number of carbonyl (C=O) groups excluding carboxylic acids is 3. The Morgan fingerprint density at radius 2 is 1.97 bits per heavy atom. The standard InChI is InChI=1S/C27H30O7/c1-13-15(14-7-9-32-12-14)10-16-20(13)27(4)17(11-19(29)31-5)26(3)18(28)6-8-25(2)22(26)21(23(27)33-16)34-24(25)30/h6-9,12,15-17,21-23H,10-11H2,1-5H3/t15-,16-,17-,21-,22-,23-,25-,26+,27-/m1/s1. The molecule has 0 aromatic carbocycles. The molecule has 180 valence electrons. The molecule has 9 atom stereocenters. The van der Waals surface area contributed by atoms with Gasteiger partial charge in [0.15, 0.2) is 5.78 Å². The predicted octanol–water partition coefficient (Wildman–Crippen LogP) is 3.74. The van der Waals surface area contributed by atoms with Gasteiger partial charge in [-0.05, 0) is 49.5 Å². The molecule has 3 aliphatic carbocycles. The van der Waals surface area contributed by atoms with E-state index in [0.717, 1.165) is 17.6 Å². The molecule has 2 aliphatic heterocycles. The first-order chi connectivity index (χ1) is 16.1. The largest absolute Gasteiger partial charge is 0.472 e. The van der Waals surface area contributed by atoms with Crippen molar-refractivity contribution in [2.75, 3.05) is 7.11 Å². The van der Waals surface area contributed by atoms with Gasteiger partial charge >= 0.3 is 11.9 Å². The Balaban J connectivity index is 1.58. The third-order valence-electron chi connectivity index (χ3n) is 9.91. The maximum Gasteiger partial charge on any atom is 0.316 e. The maximum atomic E-state index is 13.7. The Hall–Kier alpha value is -2.67. The van der Waals surface area contributed by atoms with E-state index < -0.39 is 40.3 Å². The van der Waals surface area contributed by atoms with E-state index in [9.17, 15) is 14.4 Å². The average Bonchev–Trinajstić information content (AvgIpc) is 3.54. The molecule has 0 unspecified atom stereocenters. The molecule has 0 bridgehead atoms. The molecule has 0 N–H and O–H groups in total. The highest BCUT2D eigenvalue weighted by Crippen LogP contribution is 2.72. The van der Waals surface area contributed by atoms with Crippen LogP contribution in [0.5, 0.6) is 0 Å². The summed E-state index contributed by atoms with van der Waals surface area (Å²) in [4.78, 5) is 39.6. The second kappa shape index (κ2) is 6.72. The fraction of sp³-hybridized carbons (Fsp3) is 0.593. The number of furan rings is 1. The van der Waals surface area contributed by atoms with E-state index in [4.69, 9.17) is 18.6 Å². The first-order valence-corrected chi connectivity index (χ1v) is 12.0. The van der Waals surface area contributed by atoms with Crippen molar-refractivity contribution in [2.24, 2.45) is 28.1 Å². The first-order valence-electron chi connectivity index (χ1n) is 12.0. The van der Waals surface area contributed by atoms with Gasteiger partial charge in [-0.3, -0.25) is 14.4 Å². The second-order valence-electron chi connectivity index (χ2n) is 11.2. The van der Waals surface area contributed by atoms with Crippen molar-refractivity contribution in [2.45, 2.75) is 64.8 Å². The topological polar surface area (TPSA) is 92.0 Å². The Labute approximate surface area is 198 Å². The van der Waals surface area contributed by atoms with Crippen LogP contribution in [0.3, 0.4) is 0 Å². The Morgan fingerprint density at radius 1 is 1.21 bits per heavy atom. The molecule has 1 aromatic heterocycles. The van der Waals surface area contributed by atoms with Gasteiger partial charge in [0.2, 0.25) is 0 Å². The van der Waals surface area contributed by atoms with E-state index >= 15 is 0 Å². The SMILES string of the molecule is COC(=O)C[C@H]1[C@]2(C)C3=C(C)[C@H](c4ccoc4)C[C@H]3O[C@@H]2[C@@H]2OC(=O)[C@]3(C)C=CC(=O)[C@@]1(C)[C@H]23. The normalized spacial score (nSPS) is 46.3. The molecule has 0 amide bonds. The molecule has 6 rings (SSSR count). The van der Waals surface area contributed by atoms with Crippen molar-refractivity contribution in [3.05, 3.63) is 47.5 Å². The van der Waals surface area contributed by atoms with Gasteiger partial charge in [0.1, 0.15) is 12.2 Å². The molecule has 5 aliphatic rings. The lowest BCUT2D eigenvalue weighted by Gasteiger charge is -2.59. The highest BCUT2D eigenvalue weighted by Gasteiger charge is 2.77. The summed E-state index contributed by atoms with van der Waals surface area (Å²) >= 11 is 0. The average molecular weight is 467 g/mol. The lowest BCUT2D eigenvalue weighted by Crippen LogP contribution is -2.66. The van der Waals surface area contributed by atoms with Crippen LogP contribution in [0.2, 0.25) is 0 Å². The number of hydrogen-bond donors (Lipinski definition) is 0. The lowest BCUT2D eigenvalue weighted by molar-refractivity contribution is -0.190. The third kappa shape index (κ3) is 2.34. The Bertz CT molecular complexity index is 1160. The van der Waals surface area contributed by atoms with Gasteiger partial charge in [-0.1, -0.05) is 25.5 Å². The van der Waals surface area contributed by atoms with Crippen LogP contribution in [-0.2, 0) is 28.6 Å². The van der Waals surface area contributed by atoms with Gasteiger partial charge in [0, 0.05) is 22.7 Å². The Morgan fingerprint density at radius 3 is 2.65 bits per heavy atom. The van der Waals surface area contributed by atoms with Crippen LogP contribution in [0.25, 0.3) is 0 Å². The summed E-state index contributed by atoms with van der Waals surface area (Å²) in [6.45, 7) is 7.96. The zero-order valence-corrected chi connectivity index (χ0v) is 20.1. The van der Waals surface area contributed by atoms with Crippen LogP contribution < -0.4 is 0 Å². The number of carbonyl (C=O) groups is 3. The van der Waals surface area contributed by atoms with Gasteiger partial charge in [-0.2, -0.15) is 0 Å². The minimum atomic E-state index is -0.987. The summed E-state index contributed by atoms with van der Waals surface area (Å²) in [5.41, 5.74) is 0.794. The smallest absolute Gasteiger partial charge is 0.316 e. The van der Waals surface area contributed by atoms with Gasteiger partial charge in [-0.25, -0.2) is 0 Å². The van der Waals surface area contributed by atoms with Crippen molar-refractivity contribution in [1.29, 1.82) is 0 Å². The lowest BCUT2D eigenvalue weighted by atomic mass is 9.42. The van der Waals surface area contributed by atoms with Crippen molar-refractivity contribution >= 4 is 17.7 Å². The molecule has 1 aromatic rings. The summed E-state index contributed by atoms with van der Waals surface area (Å²) in [6.07, 6.45) is 6.29. The van der Waals surface area contributed by atoms with Crippen LogP contribution in [0, 0.1) is 28.1 Å². The van der Waals surface area contributed by atoms with Crippen LogP contribution in [0.15, 0.2) is 46.3 Å². The minimum absolute atomic E-state index is 0.0658. The summed E-state index contributed by atoms with van der Waals surface area (Å²) in [5.74, 6) is -1.46. The van der Waals surface area contributed by atoms with Crippen LogP contribution >= 0.6 is 0 Å². The molecule has 3 fully saturated rings. The maximum absolute atomic E-state index is 13.7. The fourth-order valence-corrected chi connectivity index (χ4v) is 8.41. The highest BCUT2D eigenvalue weighted by atomic mass is 16.6. The molecular weight excluding hydrogens is 436 g/mol. The number of methoxy groups -OCH3 is 1. The number of allylic oxidation sites excluding steroid dienone is 2. The number of esters is 2. The van der Waals surface area contributed by atoms with Crippen LogP contribution in [0.4, 0.5) is 0 Å². The van der Waals surface area contributed by atoms with Crippen molar-refractivity contribution in [3.8, 4) is 0 Å². The number of fused-ring (bicyclic) bond motifs is 4. The second-order valence-corrected chi connectivity index (χ2v) is 11.2. The molecule has 7 nitrogen and oxygen atoms in total. The van der Waals surface area contributed by atoms with E-state index in [2.05, 4.69) is 13.8 Å². The molecule has 3 heterocycles. The Kier molecular flexibility index (Phi) is 4.31. The van der Waals surface area contributed by atoms with Gasteiger partial charge in [0.05, 0.1) is 37.6 Å². The van der Waals surface area contributed by atoms with E-state index in [0.29, 0.717) is 0 Å². The van der Waals surface area contributed by atoms with Gasteiger partial charge in [0.25, 0.3) is 0 Å². The molecule has 0 spiro atoms. The van der Waals surface area contributed by atoms with Crippen LogP contribution in [0.1, 0.15) is 52.0 Å². The number of ether oxygens (including phenoxy) is 3. The molecular formula is C27H30O7.